The van der Waals surface area contributed by atoms with E-state index >= 15 is 0 Å². The van der Waals surface area contributed by atoms with E-state index < -0.39 is 9.84 Å². The standard InChI is InChI=1S/C13H21NO3S/c1-3-8-18(15,16)9-7-17-13-11(2)5-4-6-12(13)10-14/h4-6H,3,7-10,14H2,1-2H3. The average Bonchev–Trinajstić information content (AvgIpc) is 2.30. The van der Waals surface area contributed by atoms with Crippen molar-refractivity contribution in [3.8, 4) is 5.75 Å². The molecular weight excluding hydrogens is 250 g/mol. The molecule has 1 aromatic rings. The summed E-state index contributed by atoms with van der Waals surface area (Å²) in [5, 5.41) is 0. The number of sulfone groups is 1. The Hall–Kier alpha value is -1.07. The zero-order valence-corrected chi connectivity index (χ0v) is 11.8. The lowest BCUT2D eigenvalue weighted by molar-refractivity contribution is 0.335. The van der Waals surface area contributed by atoms with E-state index in [2.05, 4.69) is 0 Å². The van der Waals surface area contributed by atoms with Crippen molar-refractivity contribution < 1.29 is 13.2 Å². The SMILES string of the molecule is CCCS(=O)(=O)CCOc1c(C)cccc1CN. The van der Waals surface area contributed by atoms with E-state index in [0.29, 0.717) is 18.7 Å². The van der Waals surface area contributed by atoms with Gasteiger partial charge in [-0.05, 0) is 18.9 Å². The first-order chi connectivity index (χ1) is 8.50. The van der Waals surface area contributed by atoms with Gasteiger partial charge in [0.1, 0.15) is 12.4 Å². The molecule has 102 valence electrons. The van der Waals surface area contributed by atoms with E-state index in [4.69, 9.17) is 10.5 Å². The predicted octanol–water partition coefficient (Wildman–Crippen LogP) is 1.66. The van der Waals surface area contributed by atoms with Crippen molar-refractivity contribution >= 4 is 9.84 Å². The van der Waals surface area contributed by atoms with Crippen molar-refractivity contribution in [1.82, 2.24) is 0 Å². The first-order valence-electron chi connectivity index (χ1n) is 6.12. The summed E-state index contributed by atoms with van der Waals surface area (Å²) < 4.78 is 28.7. The minimum Gasteiger partial charge on any atom is -0.492 e. The Morgan fingerprint density at radius 1 is 1.28 bits per heavy atom. The molecule has 0 fully saturated rings. The molecule has 1 rings (SSSR count). The molecule has 0 saturated heterocycles. The Balaban J connectivity index is 2.64. The highest BCUT2D eigenvalue weighted by molar-refractivity contribution is 7.91. The number of rotatable bonds is 7. The Bertz CT molecular complexity index is 483. The highest BCUT2D eigenvalue weighted by Crippen LogP contribution is 2.22. The summed E-state index contributed by atoms with van der Waals surface area (Å²) in [6.45, 7) is 4.35. The molecule has 0 amide bonds. The second-order valence-electron chi connectivity index (χ2n) is 4.27. The average molecular weight is 271 g/mol. The van der Waals surface area contributed by atoms with Crippen LogP contribution in [-0.2, 0) is 16.4 Å². The van der Waals surface area contributed by atoms with E-state index in [-0.39, 0.29) is 18.1 Å². The molecule has 0 unspecified atom stereocenters. The molecule has 0 spiro atoms. The molecule has 0 aliphatic rings. The third-order valence-corrected chi connectivity index (χ3v) is 4.49. The molecule has 0 aromatic heterocycles. The summed E-state index contributed by atoms with van der Waals surface area (Å²) in [6, 6.07) is 5.73. The molecule has 0 heterocycles. The zero-order valence-electron chi connectivity index (χ0n) is 11.0. The van der Waals surface area contributed by atoms with E-state index in [1.807, 2.05) is 32.0 Å². The number of aryl methyl sites for hydroxylation is 1. The molecule has 2 N–H and O–H groups in total. The second kappa shape index (κ2) is 6.75. The maximum Gasteiger partial charge on any atom is 0.153 e. The number of ether oxygens (including phenoxy) is 1. The van der Waals surface area contributed by atoms with Gasteiger partial charge in [0.25, 0.3) is 0 Å². The van der Waals surface area contributed by atoms with Gasteiger partial charge in [0.05, 0.1) is 11.5 Å². The van der Waals surface area contributed by atoms with Gasteiger partial charge in [-0.15, -0.1) is 0 Å². The third kappa shape index (κ3) is 4.31. The number of benzene rings is 1. The van der Waals surface area contributed by atoms with Crippen molar-refractivity contribution in [1.29, 1.82) is 0 Å². The van der Waals surface area contributed by atoms with Crippen molar-refractivity contribution in [2.45, 2.75) is 26.8 Å². The quantitative estimate of drug-likeness (QED) is 0.819. The Morgan fingerprint density at radius 3 is 2.61 bits per heavy atom. The lowest BCUT2D eigenvalue weighted by Gasteiger charge is -2.13. The van der Waals surface area contributed by atoms with E-state index in [9.17, 15) is 8.42 Å². The number of nitrogens with two attached hydrogens (primary N) is 1. The van der Waals surface area contributed by atoms with Crippen LogP contribution in [-0.4, -0.2) is 26.5 Å². The minimum atomic E-state index is -2.99. The van der Waals surface area contributed by atoms with Crippen LogP contribution in [0, 0.1) is 6.92 Å². The first-order valence-corrected chi connectivity index (χ1v) is 7.94. The molecular formula is C13H21NO3S. The summed E-state index contributed by atoms with van der Waals surface area (Å²) in [5.74, 6) is 0.985. The largest absolute Gasteiger partial charge is 0.492 e. The number of hydrogen-bond donors (Lipinski definition) is 1. The Kier molecular flexibility index (Phi) is 5.62. The molecule has 0 aliphatic heterocycles. The van der Waals surface area contributed by atoms with Crippen LogP contribution in [0.3, 0.4) is 0 Å². The highest BCUT2D eigenvalue weighted by atomic mass is 32.2. The Morgan fingerprint density at radius 2 is 2.00 bits per heavy atom. The molecule has 4 nitrogen and oxygen atoms in total. The fraction of sp³-hybridized carbons (Fsp3) is 0.538. The van der Waals surface area contributed by atoms with Crippen molar-refractivity contribution in [2.24, 2.45) is 5.73 Å². The van der Waals surface area contributed by atoms with Gasteiger partial charge in [0, 0.05) is 12.1 Å². The molecule has 0 saturated carbocycles. The van der Waals surface area contributed by atoms with Gasteiger partial charge in [-0.25, -0.2) is 8.42 Å². The third-order valence-electron chi connectivity index (χ3n) is 2.67. The van der Waals surface area contributed by atoms with E-state index in [1.165, 1.54) is 0 Å². The van der Waals surface area contributed by atoms with E-state index in [0.717, 1.165) is 11.1 Å². The fourth-order valence-electron chi connectivity index (χ4n) is 1.76. The van der Waals surface area contributed by atoms with Crippen LogP contribution < -0.4 is 10.5 Å². The predicted molar refractivity (Wildman–Crippen MR) is 73.5 cm³/mol. The van der Waals surface area contributed by atoms with Gasteiger partial charge in [-0.1, -0.05) is 25.1 Å². The van der Waals surface area contributed by atoms with Gasteiger partial charge >= 0.3 is 0 Å². The zero-order chi connectivity index (χ0) is 13.6. The van der Waals surface area contributed by atoms with Crippen LogP contribution >= 0.6 is 0 Å². The van der Waals surface area contributed by atoms with Gasteiger partial charge in [0.2, 0.25) is 0 Å². The lowest BCUT2D eigenvalue weighted by atomic mass is 10.1. The van der Waals surface area contributed by atoms with Crippen molar-refractivity contribution in [3.05, 3.63) is 29.3 Å². The highest BCUT2D eigenvalue weighted by Gasteiger charge is 2.11. The fourth-order valence-corrected chi connectivity index (χ4v) is 2.93. The smallest absolute Gasteiger partial charge is 0.153 e. The monoisotopic (exact) mass is 271 g/mol. The van der Waals surface area contributed by atoms with Gasteiger partial charge in [-0.3, -0.25) is 0 Å². The number of para-hydroxylation sites is 1. The first kappa shape index (κ1) is 15.0. The minimum absolute atomic E-state index is 0.0547. The van der Waals surface area contributed by atoms with Crippen molar-refractivity contribution in [3.63, 3.8) is 0 Å². The van der Waals surface area contributed by atoms with Gasteiger partial charge < -0.3 is 10.5 Å². The molecule has 5 heteroatoms. The van der Waals surface area contributed by atoms with Crippen LogP contribution in [0.25, 0.3) is 0 Å². The maximum absolute atomic E-state index is 11.6. The van der Waals surface area contributed by atoms with E-state index in [1.54, 1.807) is 0 Å². The normalized spacial score (nSPS) is 11.5. The molecule has 0 radical (unpaired) electrons. The molecule has 18 heavy (non-hydrogen) atoms. The molecule has 0 atom stereocenters. The molecule has 0 aliphatic carbocycles. The van der Waals surface area contributed by atoms with Gasteiger partial charge in [0.15, 0.2) is 9.84 Å². The number of hydrogen-bond acceptors (Lipinski definition) is 4. The summed E-state index contributed by atoms with van der Waals surface area (Å²) in [6.07, 6.45) is 0.640. The topological polar surface area (TPSA) is 69.4 Å². The summed E-state index contributed by atoms with van der Waals surface area (Å²) >= 11 is 0. The molecule has 1 aromatic carbocycles. The van der Waals surface area contributed by atoms with Crippen LogP contribution in [0.5, 0.6) is 5.75 Å². The maximum atomic E-state index is 11.6. The Labute approximate surface area is 109 Å². The van der Waals surface area contributed by atoms with Crippen LogP contribution in [0.15, 0.2) is 18.2 Å². The van der Waals surface area contributed by atoms with Gasteiger partial charge in [-0.2, -0.15) is 0 Å². The van der Waals surface area contributed by atoms with Crippen LogP contribution in [0.1, 0.15) is 24.5 Å². The van der Waals surface area contributed by atoms with Crippen molar-refractivity contribution in [2.75, 3.05) is 18.1 Å². The summed E-state index contributed by atoms with van der Waals surface area (Å²) in [4.78, 5) is 0. The summed E-state index contributed by atoms with van der Waals surface area (Å²) in [5.41, 5.74) is 7.51. The molecule has 0 bridgehead atoms. The lowest BCUT2D eigenvalue weighted by Crippen LogP contribution is -2.17. The second-order valence-corrected chi connectivity index (χ2v) is 6.57. The summed E-state index contributed by atoms with van der Waals surface area (Å²) in [7, 11) is -2.99. The van der Waals surface area contributed by atoms with Crippen LogP contribution in [0.2, 0.25) is 0 Å². The van der Waals surface area contributed by atoms with Crippen LogP contribution in [0.4, 0.5) is 0 Å².